The van der Waals surface area contributed by atoms with Crippen LogP contribution in [0.1, 0.15) is 98.8 Å². The Morgan fingerprint density at radius 1 is 1.11 bits per heavy atom. The van der Waals surface area contributed by atoms with Gasteiger partial charge in [-0.1, -0.05) is 38.8 Å². The molecule has 0 aromatic carbocycles. The van der Waals surface area contributed by atoms with Crippen molar-refractivity contribution in [2.75, 3.05) is 12.8 Å². The van der Waals surface area contributed by atoms with Crippen LogP contribution in [0, 0.1) is 52.4 Å². The highest BCUT2D eigenvalue weighted by atomic mass is 32.2. The first-order valence-corrected chi connectivity index (χ1v) is 17.1. The van der Waals surface area contributed by atoms with Crippen molar-refractivity contribution in [2.24, 2.45) is 46.3 Å². The van der Waals surface area contributed by atoms with Crippen molar-refractivity contribution in [3.05, 3.63) is 15.4 Å². The van der Waals surface area contributed by atoms with E-state index in [1.165, 1.54) is 57.7 Å². The fraction of sp³-hybridized carbons (Fsp3) is 0.903. The molecule has 1 spiro atoms. The van der Waals surface area contributed by atoms with E-state index in [-0.39, 0.29) is 16.9 Å². The molecule has 5 nitrogen and oxygen atoms in total. The molecule has 0 bridgehead atoms. The van der Waals surface area contributed by atoms with Crippen LogP contribution in [-0.4, -0.2) is 39.0 Å². The fourth-order valence-electron chi connectivity index (χ4n) is 10.6. The van der Waals surface area contributed by atoms with Crippen LogP contribution < -0.4 is 5.32 Å². The third-order valence-corrected chi connectivity index (χ3v) is 13.4. The van der Waals surface area contributed by atoms with Gasteiger partial charge in [-0.25, -0.2) is 0 Å². The zero-order valence-corrected chi connectivity index (χ0v) is 24.9. The lowest BCUT2D eigenvalue weighted by Gasteiger charge is -2.59. The lowest BCUT2D eigenvalue weighted by molar-refractivity contribution is -0.710. The van der Waals surface area contributed by atoms with Gasteiger partial charge in [0.1, 0.15) is 18.4 Å². The maximum absolute atomic E-state index is 11.6. The number of fused-ring (bicyclic) bond motifs is 6. The van der Waals surface area contributed by atoms with E-state index in [9.17, 15) is 8.42 Å². The van der Waals surface area contributed by atoms with Gasteiger partial charge in [0, 0.05) is 11.8 Å². The summed E-state index contributed by atoms with van der Waals surface area (Å²) in [7, 11) is -3.35. The Morgan fingerprint density at radius 3 is 2.65 bits per heavy atom. The molecule has 2 N–H and O–H groups in total. The highest BCUT2D eigenvalue weighted by molar-refractivity contribution is 7.92. The predicted octanol–water partition coefficient (Wildman–Crippen LogP) is 5.38. The van der Waals surface area contributed by atoms with E-state index >= 15 is 0 Å². The van der Waals surface area contributed by atoms with Crippen molar-refractivity contribution < 1.29 is 18.5 Å². The molecule has 6 rings (SSSR count). The minimum Gasteiger partial charge on any atom is -0.365 e. The summed E-state index contributed by atoms with van der Waals surface area (Å²) >= 11 is 0. The molecule has 0 radical (unpaired) electrons. The van der Waals surface area contributed by atoms with E-state index < -0.39 is 10.0 Å². The number of sulfonamides is 1. The average Bonchev–Trinajstić information content (AvgIpc) is 3.27. The number of hydrogen-bond donors (Lipinski definition) is 1. The van der Waals surface area contributed by atoms with Crippen molar-refractivity contribution in [1.29, 1.82) is 0 Å². The van der Waals surface area contributed by atoms with Crippen LogP contribution in [0.2, 0.25) is 0 Å². The Labute approximate surface area is 225 Å². The molecule has 0 aromatic heterocycles. The summed E-state index contributed by atoms with van der Waals surface area (Å²) in [5.41, 5.74) is 4.05. The summed E-state index contributed by atoms with van der Waals surface area (Å²) in [6, 6.07) is 3.67. The number of quaternary nitrogens is 1. The van der Waals surface area contributed by atoms with E-state index in [0.29, 0.717) is 23.5 Å². The van der Waals surface area contributed by atoms with Gasteiger partial charge in [0.05, 0.1) is 22.3 Å². The molecule has 6 aliphatic rings. The number of nitrogens with zero attached hydrogens (tertiary/aromatic N) is 1. The summed E-state index contributed by atoms with van der Waals surface area (Å²) in [6.45, 7) is 13.7. The third kappa shape index (κ3) is 4.16. The molecule has 2 aliphatic heterocycles. The molecule has 0 aromatic rings. The van der Waals surface area contributed by atoms with Gasteiger partial charge in [-0.15, -0.1) is 8.42 Å². The molecule has 11 atom stereocenters. The van der Waals surface area contributed by atoms with Gasteiger partial charge >= 0.3 is 16.1 Å². The second-order valence-corrected chi connectivity index (χ2v) is 16.6. The van der Waals surface area contributed by atoms with Crippen LogP contribution in [0.4, 0.5) is 0 Å². The lowest BCUT2D eigenvalue weighted by atomic mass is 9.44. The fourth-order valence-corrected chi connectivity index (χ4v) is 11.0. The summed E-state index contributed by atoms with van der Waals surface area (Å²) < 4.78 is 34.1. The van der Waals surface area contributed by atoms with E-state index in [1.54, 1.807) is 11.1 Å². The van der Waals surface area contributed by atoms with Crippen LogP contribution in [0.25, 0.3) is 4.25 Å². The Balaban J connectivity index is 1.24. The topological polar surface area (TPSA) is 64.3 Å². The number of rotatable bonds is 0. The van der Waals surface area contributed by atoms with Crippen molar-refractivity contribution in [3.63, 3.8) is 0 Å². The second kappa shape index (κ2) is 8.80. The van der Waals surface area contributed by atoms with Crippen LogP contribution in [-0.2, 0) is 14.8 Å². The summed E-state index contributed by atoms with van der Waals surface area (Å²) in [5, 5.41) is 2.61. The van der Waals surface area contributed by atoms with Crippen LogP contribution >= 0.6 is 0 Å². The van der Waals surface area contributed by atoms with Crippen molar-refractivity contribution in [2.45, 2.75) is 117 Å². The first kappa shape index (κ1) is 26.3. The van der Waals surface area contributed by atoms with Gasteiger partial charge in [0.2, 0.25) is 0 Å². The Hall–Kier alpha value is -0.900. The number of allylic oxidation sites excluding steroid dienone is 1. The van der Waals surface area contributed by atoms with Gasteiger partial charge < -0.3 is 10.1 Å². The molecule has 2 saturated heterocycles. The smallest absolute Gasteiger partial charge is 0.365 e. The molecular formula is C31H50N2O3S+2. The zero-order chi connectivity index (χ0) is 26.4. The average molecular weight is 531 g/mol. The van der Waals surface area contributed by atoms with Gasteiger partial charge in [0.15, 0.2) is 0 Å². The van der Waals surface area contributed by atoms with Gasteiger partial charge in [-0.2, -0.15) is 0 Å². The molecule has 206 valence electrons. The number of piperidine rings is 1. The molecule has 5 fully saturated rings. The molecule has 2 heterocycles. The summed E-state index contributed by atoms with van der Waals surface area (Å²) in [4.78, 5) is 0. The van der Waals surface area contributed by atoms with Gasteiger partial charge in [0.25, 0.3) is 0 Å². The molecule has 1 unspecified atom stereocenters. The Kier molecular flexibility index (Phi) is 6.26. The molecule has 3 saturated carbocycles. The summed E-state index contributed by atoms with van der Waals surface area (Å²) in [5.74, 6) is 3.85. The van der Waals surface area contributed by atoms with E-state index in [1.807, 2.05) is 0 Å². The first-order chi connectivity index (χ1) is 17.3. The highest BCUT2D eigenvalue weighted by Crippen LogP contribution is 2.69. The Bertz CT molecular complexity index is 1150. The van der Waals surface area contributed by atoms with Crippen LogP contribution in [0.5, 0.6) is 0 Å². The quantitative estimate of drug-likeness (QED) is 0.428. The SMILES string of the molecule is CC1=C2C[C@H]3[C@@H](CC[C@]4(C)CC(C#[N+]S(C)(=O)=O)CC[C@]34C)[C@@H]2CC[C@@]2(C1)O[C@@H]1C[C@H](C)C[NH2+][C@H]1[C@H]2C. The minimum absolute atomic E-state index is 0.0484. The maximum Gasteiger partial charge on any atom is 0.476 e. The van der Waals surface area contributed by atoms with Crippen molar-refractivity contribution >= 4 is 10.0 Å². The summed E-state index contributed by atoms with van der Waals surface area (Å²) in [6.07, 6.45) is 13.6. The normalized spacial score (nSPS) is 51.4. The first-order valence-electron chi connectivity index (χ1n) is 15.2. The van der Waals surface area contributed by atoms with E-state index in [2.05, 4.69) is 50.3 Å². The lowest BCUT2D eigenvalue weighted by Crippen LogP contribution is -2.96. The highest BCUT2D eigenvalue weighted by Gasteiger charge is 2.63. The van der Waals surface area contributed by atoms with Crippen LogP contribution in [0.3, 0.4) is 0 Å². The number of ether oxygens (including phenoxy) is 1. The number of hydrogen-bond acceptors (Lipinski definition) is 3. The van der Waals surface area contributed by atoms with E-state index in [4.69, 9.17) is 4.74 Å². The molecule has 4 aliphatic carbocycles. The van der Waals surface area contributed by atoms with Gasteiger partial charge in [-0.05, 0) is 99.7 Å². The monoisotopic (exact) mass is 530 g/mol. The van der Waals surface area contributed by atoms with E-state index in [0.717, 1.165) is 42.9 Å². The Morgan fingerprint density at radius 2 is 1.89 bits per heavy atom. The maximum atomic E-state index is 11.6. The van der Waals surface area contributed by atoms with Gasteiger partial charge in [-0.3, -0.25) is 0 Å². The molecule has 6 heteroatoms. The standard InChI is InChI=1S/C31H49N2O3S/c1-19-13-27-28(32-17-19)21(3)31(36-27)12-9-23-24-8-10-29(4)16-22(18-33-37(6,34)35)7-11-30(29,5)26(24)14-25(23)20(2)15-31/h19,21-24,26-28,32H,7-17H2,1-6H3/q+1/p+1/t19-,21+,22?,23-,24-,26-,27+,28-,29+,30+,31-/m0/s1. The molecular weight excluding hydrogens is 480 g/mol. The number of nitrogens with two attached hydrogens (primary N) is 1. The largest absolute Gasteiger partial charge is 0.476 e. The zero-order valence-electron chi connectivity index (χ0n) is 24.1. The third-order valence-electron chi connectivity index (χ3n) is 12.9. The van der Waals surface area contributed by atoms with Crippen molar-refractivity contribution in [1.82, 2.24) is 0 Å². The minimum atomic E-state index is -3.35. The second-order valence-electron chi connectivity index (χ2n) is 14.9. The predicted molar refractivity (Wildman–Crippen MR) is 148 cm³/mol. The van der Waals surface area contributed by atoms with Crippen molar-refractivity contribution in [3.8, 4) is 6.07 Å². The van der Waals surface area contributed by atoms with Crippen LogP contribution in [0.15, 0.2) is 11.1 Å². The molecule has 37 heavy (non-hydrogen) atoms. The molecule has 0 amide bonds.